The van der Waals surface area contributed by atoms with Crippen LogP contribution in [0.1, 0.15) is 17.9 Å². The van der Waals surface area contributed by atoms with Gasteiger partial charge < -0.3 is 19.0 Å². The molecule has 7 nitrogen and oxygen atoms in total. The van der Waals surface area contributed by atoms with Gasteiger partial charge in [0.1, 0.15) is 17.7 Å². The van der Waals surface area contributed by atoms with E-state index in [4.69, 9.17) is 13.9 Å². The van der Waals surface area contributed by atoms with Gasteiger partial charge in [-0.05, 0) is 29.8 Å². The average molecular weight is 380 g/mol. The number of ether oxygens (including phenoxy) is 2. The number of nitrogens with zero attached hydrogens (tertiary/aromatic N) is 2. The van der Waals surface area contributed by atoms with Crippen LogP contribution >= 0.6 is 0 Å². The molecule has 1 saturated heterocycles. The molecule has 1 aromatic heterocycles. The van der Waals surface area contributed by atoms with E-state index in [-0.39, 0.29) is 5.91 Å². The molecule has 0 aliphatic carbocycles. The molecule has 7 heteroatoms. The van der Waals surface area contributed by atoms with Gasteiger partial charge in [-0.1, -0.05) is 12.1 Å². The van der Waals surface area contributed by atoms with Gasteiger partial charge in [-0.25, -0.2) is 4.98 Å². The van der Waals surface area contributed by atoms with Gasteiger partial charge in [0.2, 0.25) is 5.91 Å². The van der Waals surface area contributed by atoms with E-state index in [1.54, 1.807) is 38.6 Å². The number of methoxy groups -OCH3 is 2. The highest BCUT2D eigenvalue weighted by Crippen LogP contribution is 2.39. The Kier molecular flexibility index (Phi) is 4.75. The predicted molar refractivity (Wildman–Crippen MR) is 102 cm³/mol. The molecule has 2 heterocycles. The van der Waals surface area contributed by atoms with E-state index < -0.39 is 12.1 Å². The van der Waals surface area contributed by atoms with Gasteiger partial charge in [0, 0.05) is 12.5 Å². The Balaban J connectivity index is 1.66. The molecular formula is C21H20N2O5. The molecule has 1 aliphatic rings. The highest BCUT2D eigenvalue weighted by atomic mass is 16.5. The summed E-state index contributed by atoms with van der Waals surface area (Å²) in [5.74, 6) is 1.15. The monoisotopic (exact) mass is 380 g/mol. The number of hydrogen-bond acceptors (Lipinski definition) is 6. The third-order valence-corrected chi connectivity index (χ3v) is 4.94. The van der Waals surface area contributed by atoms with Gasteiger partial charge in [0.05, 0.1) is 37.6 Å². The van der Waals surface area contributed by atoms with Crippen molar-refractivity contribution in [2.24, 2.45) is 0 Å². The molecule has 2 aromatic carbocycles. The minimum atomic E-state index is -0.926. The van der Waals surface area contributed by atoms with Crippen molar-refractivity contribution in [2.75, 3.05) is 19.1 Å². The lowest BCUT2D eigenvalue weighted by Crippen LogP contribution is -2.33. The largest absolute Gasteiger partial charge is 0.497 e. The Morgan fingerprint density at radius 1 is 1.18 bits per heavy atom. The van der Waals surface area contributed by atoms with Gasteiger partial charge >= 0.3 is 0 Å². The molecule has 3 aromatic rings. The van der Waals surface area contributed by atoms with Crippen molar-refractivity contribution in [2.45, 2.75) is 18.6 Å². The van der Waals surface area contributed by atoms with Crippen molar-refractivity contribution in [3.05, 3.63) is 60.6 Å². The van der Waals surface area contributed by atoms with E-state index >= 15 is 0 Å². The van der Waals surface area contributed by atoms with Crippen molar-refractivity contribution < 1.29 is 23.8 Å². The van der Waals surface area contributed by atoms with E-state index in [1.807, 2.05) is 24.3 Å². The lowest BCUT2D eigenvalue weighted by Gasteiger charge is -2.22. The van der Waals surface area contributed by atoms with E-state index in [2.05, 4.69) is 4.98 Å². The topological polar surface area (TPSA) is 85.0 Å². The third kappa shape index (κ3) is 3.10. The summed E-state index contributed by atoms with van der Waals surface area (Å²) in [6.07, 6.45) is 2.31. The fourth-order valence-corrected chi connectivity index (χ4v) is 3.55. The van der Waals surface area contributed by atoms with Gasteiger partial charge in [0.25, 0.3) is 0 Å². The van der Waals surface area contributed by atoms with Crippen molar-refractivity contribution in [3.63, 3.8) is 0 Å². The number of carbonyl (C=O) groups is 1. The van der Waals surface area contributed by atoms with Crippen LogP contribution < -0.4 is 14.4 Å². The Labute approximate surface area is 162 Å². The summed E-state index contributed by atoms with van der Waals surface area (Å²) < 4.78 is 16.0. The van der Waals surface area contributed by atoms with Crippen molar-refractivity contribution in [1.82, 2.24) is 4.98 Å². The van der Waals surface area contributed by atoms with Crippen molar-refractivity contribution in [3.8, 4) is 22.8 Å². The first-order chi connectivity index (χ1) is 13.6. The normalized spacial score (nSPS) is 19.1. The van der Waals surface area contributed by atoms with Crippen LogP contribution in [0.2, 0.25) is 0 Å². The molecule has 1 aliphatic heterocycles. The summed E-state index contributed by atoms with van der Waals surface area (Å²) in [7, 11) is 3.12. The maximum atomic E-state index is 13.1. The second kappa shape index (κ2) is 7.36. The van der Waals surface area contributed by atoms with Crippen LogP contribution in [0.25, 0.3) is 11.3 Å². The Bertz CT molecular complexity index is 986. The highest BCUT2D eigenvalue weighted by molar-refractivity contribution is 6.01. The summed E-state index contributed by atoms with van der Waals surface area (Å²) in [6, 6.07) is 12.6. The summed E-state index contributed by atoms with van der Waals surface area (Å²) in [5.41, 5.74) is 2.09. The molecule has 1 amide bonds. The number of aliphatic hydroxyl groups excluding tert-OH is 1. The lowest BCUT2D eigenvalue weighted by atomic mass is 9.97. The first-order valence-corrected chi connectivity index (χ1v) is 8.84. The average Bonchev–Trinajstić information content (AvgIpc) is 3.35. The third-order valence-electron chi connectivity index (χ3n) is 4.94. The van der Waals surface area contributed by atoms with E-state index in [9.17, 15) is 9.90 Å². The van der Waals surface area contributed by atoms with E-state index in [1.165, 1.54) is 11.3 Å². The molecule has 4 rings (SSSR count). The van der Waals surface area contributed by atoms with E-state index in [0.717, 1.165) is 5.56 Å². The maximum Gasteiger partial charge on any atom is 0.236 e. The smallest absolute Gasteiger partial charge is 0.236 e. The van der Waals surface area contributed by atoms with Crippen LogP contribution in [0.3, 0.4) is 0 Å². The number of aromatic nitrogens is 1. The number of aliphatic hydroxyl groups is 1. The first-order valence-electron chi connectivity index (χ1n) is 8.84. The second-order valence-electron chi connectivity index (χ2n) is 6.50. The summed E-state index contributed by atoms with van der Waals surface area (Å²) in [6.45, 7) is 0. The zero-order valence-electron chi connectivity index (χ0n) is 15.5. The lowest BCUT2D eigenvalue weighted by molar-refractivity contribution is -0.118. The highest BCUT2D eigenvalue weighted by Gasteiger charge is 2.40. The molecule has 2 unspecified atom stereocenters. The van der Waals surface area contributed by atoms with E-state index in [0.29, 0.717) is 34.9 Å². The SMILES string of the molecule is COc1cccc(C2CC(O)N(c3ccc(-c4cnco4)c(OC)c3)C2=O)c1. The molecule has 0 saturated carbocycles. The standard InChI is InChI=1S/C21H20N2O5/c1-26-15-5-3-4-13(8-15)17-10-20(24)23(21(17)25)14-6-7-16(18(9-14)27-2)19-11-22-12-28-19/h3-9,11-12,17,20,24H,10H2,1-2H3. The fraction of sp³-hybridized carbons (Fsp3) is 0.238. The van der Waals surface area contributed by atoms with Crippen LogP contribution in [-0.4, -0.2) is 36.4 Å². The number of carbonyl (C=O) groups excluding carboxylic acids is 1. The number of hydrogen-bond donors (Lipinski definition) is 1. The second-order valence-corrected chi connectivity index (χ2v) is 6.50. The minimum absolute atomic E-state index is 0.171. The molecule has 28 heavy (non-hydrogen) atoms. The van der Waals surface area contributed by atoms with Crippen LogP contribution in [0.15, 0.2) is 59.5 Å². The molecular weight excluding hydrogens is 360 g/mol. The Morgan fingerprint density at radius 2 is 2.04 bits per heavy atom. The Hall–Kier alpha value is -3.32. The van der Waals surface area contributed by atoms with Gasteiger partial charge in [-0.3, -0.25) is 9.69 Å². The maximum absolute atomic E-state index is 13.1. The van der Waals surface area contributed by atoms with Crippen LogP contribution in [-0.2, 0) is 4.79 Å². The first kappa shape index (κ1) is 18.1. The number of oxazole rings is 1. The van der Waals surface area contributed by atoms with Crippen molar-refractivity contribution in [1.29, 1.82) is 0 Å². The molecule has 1 N–H and O–H groups in total. The van der Waals surface area contributed by atoms with Crippen LogP contribution in [0, 0.1) is 0 Å². The molecule has 2 atom stereocenters. The van der Waals surface area contributed by atoms with Gasteiger partial charge in [-0.15, -0.1) is 0 Å². The molecule has 0 radical (unpaired) electrons. The molecule has 1 fully saturated rings. The molecule has 0 spiro atoms. The minimum Gasteiger partial charge on any atom is -0.497 e. The van der Waals surface area contributed by atoms with Crippen LogP contribution in [0.4, 0.5) is 5.69 Å². The Morgan fingerprint density at radius 3 is 2.75 bits per heavy atom. The fourth-order valence-electron chi connectivity index (χ4n) is 3.55. The quantitative estimate of drug-likeness (QED) is 0.732. The van der Waals surface area contributed by atoms with Gasteiger partial charge in [0.15, 0.2) is 12.2 Å². The number of rotatable bonds is 5. The van der Waals surface area contributed by atoms with Crippen molar-refractivity contribution >= 4 is 11.6 Å². The molecule has 144 valence electrons. The summed E-state index contributed by atoms with van der Waals surface area (Å²) >= 11 is 0. The van der Waals surface area contributed by atoms with Crippen LogP contribution in [0.5, 0.6) is 11.5 Å². The number of anilines is 1. The van der Waals surface area contributed by atoms with Gasteiger partial charge in [-0.2, -0.15) is 0 Å². The number of amides is 1. The zero-order valence-corrected chi connectivity index (χ0v) is 15.5. The number of benzene rings is 2. The predicted octanol–water partition coefficient (Wildman–Crippen LogP) is 3.20. The summed E-state index contributed by atoms with van der Waals surface area (Å²) in [4.78, 5) is 18.4. The molecule has 0 bridgehead atoms. The zero-order chi connectivity index (χ0) is 19.7. The summed E-state index contributed by atoms with van der Waals surface area (Å²) in [5, 5.41) is 10.6.